The van der Waals surface area contributed by atoms with Crippen LogP contribution in [0.25, 0.3) is 0 Å². The van der Waals surface area contributed by atoms with E-state index in [1.807, 2.05) is 12.4 Å². The molecule has 1 aromatic heterocycles. The molecule has 0 N–H and O–H groups in total. The van der Waals surface area contributed by atoms with Crippen LogP contribution in [-0.2, 0) is 16.8 Å². The fraction of sp³-hybridized carbons (Fsp3) is 0.757. The van der Waals surface area contributed by atoms with Crippen molar-refractivity contribution in [3.8, 4) is 0 Å². The minimum absolute atomic E-state index is 0. The van der Waals surface area contributed by atoms with Crippen molar-refractivity contribution in [3.63, 3.8) is 0 Å². The number of carbonyl (C=O) groups is 1. The molecule has 0 bridgehead atoms. The van der Waals surface area contributed by atoms with E-state index in [2.05, 4.69) is 83.4 Å². The number of hydrogen-bond acceptors (Lipinski definition) is 5. The zero-order valence-corrected chi connectivity index (χ0v) is 26.7. The first-order chi connectivity index (χ1) is 19.8. The molecular weight excluding hydrogens is 530 g/mol. The summed E-state index contributed by atoms with van der Waals surface area (Å²) >= 11 is 0. The normalized spacial score (nSPS) is 20.9. The van der Waals surface area contributed by atoms with Crippen molar-refractivity contribution in [2.75, 3.05) is 26.2 Å². The van der Waals surface area contributed by atoms with E-state index in [1.54, 1.807) is 6.33 Å². The Kier molecular flexibility index (Phi) is 15.1. The third-order valence-corrected chi connectivity index (χ3v) is 10.7. The molecule has 1 aliphatic carbocycles. The number of likely N-dealkylation sites (tertiary alicyclic amines) is 2. The maximum Gasteiger partial charge on any atom is 0.143 e. The van der Waals surface area contributed by atoms with Crippen molar-refractivity contribution in [2.24, 2.45) is 11.3 Å². The number of Topliss-reactive ketones (excluding diaryl/α,β-unsaturated/α-hetero) is 1. The molecule has 2 saturated heterocycles. The Morgan fingerprint density at radius 1 is 0.860 bits per heavy atom. The smallest absolute Gasteiger partial charge is 0.143 e. The van der Waals surface area contributed by atoms with Gasteiger partial charge in [0.05, 0.1) is 5.41 Å². The lowest BCUT2D eigenvalue weighted by Gasteiger charge is -2.48. The standard InChI is InChI=1S/C18H27NO.C17H30N4.2CH4/c1-4-8-17(20)18(16-9-6-5-7-10-16)11-13-19(14-12-18)15(2)3;1-15(2)20-10-8-17(9-11-20,12-21-14-18-13-19-21)16-6-4-3-5-7-16;;/h5-7,9-10,15H,4,8,11-14H2,1-3H3;13-16H,3-12H2,1-2H3;2*1H4. The second-order valence-corrected chi connectivity index (χ2v) is 13.7. The summed E-state index contributed by atoms with van der Waals surface area (Å²) in [5, 5.41) is 4.40. The molecule has 5 rings (SSSR count). The minimum atomic E-state index is -0.233. The second kappa shape index (κ2) is 17.4. The number of nitrogens with zero attached hydrogens (tertiary/aromatic N) is 5. The molecule has 0 radical (unpaired) electrons. The van der Waals surface area contributed by atoms with Crippen LogP contribution in [0.1, 0.15) is 126 Å². The zero-order chi connectivity index (χ0) is 29.3. The van der Waals surface area contributed by atoms with Crippen LogP contribution in [0, 0.1) is 11.3 Å². The first-order valence-corrected chi connectivity index (χ1v) is 16.7. The summed E-state index contributed by atoms with van der Waals surface area (Å²) < 4.78 is 2.08. The summed E-state index contributed by atoms with van der Waals surface area (Å²) in [7, 11) is 0. The van der Waals surface area contributed by atoms with Crippen LogP contribution in [0.15, 0.2) is 43.0 Å². The van der Waals surface area contributed by atoms with E-state index in [0.717, 1.165) is 44.8 Å². The Hall–Kier alpha value is -2.05. The molecule has 2 aromatic rings. The molecule has 244 valence electrons. The fourth-order valence-corrected chi connectivity index (χ4v) is 7.91. The molecule has 3 fully saturated rings. The molecule has 0 spiro atoms. The Bertz CT molecular complexity index is 1010. The van der Waals surface area contributed by atoms with Crippen molar-refractivity contribution in [1.82, 2.24) is 24.6 Å². The van der Waals surface area contributed by atoms with Crippen LogP contribution < -0.4 is 0 Å². The number of rotatable bonds is 9. The first-order valence-electron chi connectivity index (χ1n) is 16.7. The highest BCUT2D eigenvalue weighted by atomic mass is 16.1. The van der Waals surface area contributed by atoms with Crippen LogP contribution in [0.3, 0.4) is 0 Å². The lowest BCUT2D eigenvalue weighted by Crippen LogP contribution is -2.49. The molecule has 3 heterocycles. The van der Waals surface area contributed by atoms with Gasteiger partial charge >= 0.3 is 0 Å². The van der Waals surface area contributed by atoms with Crippen molar-refractivity contribution in [3.05, 3.63) is 48.5 Å². The Morgan fingerprint density at radius 3 is 1.91 bits per heavy atom. The molecule has 3 aliphatic rings. The average Bonchev–Trinajstić information content (AvgIpc) is 3.51. The first kappa shape index (κ1) is 37.1. The van der Waals surface area contributed by atoms with E-state index in [-0.39, 0.29) is 20.3 Å². The maximum atomic E-state index is 12.8. The van der Waals surface area contributed by atoms with Crippen LogP contribution >= 0.6 is 0 Å². The molecule has 0 unspecified atom stereocenters. The van der Waals surface area contributed by atoms with Gasteiger partial charge in [-0.2, -0.15) is 5.10 Å². The molecule has 6 nitrogen and oxygen atoms in total. The van der Waals surface area contributed by atoms with Gasteiger partial charge in [0.25, 0.3) is 0 Å². The number of ketones is 1. The van der Waals surface area contributed by atoms with Gasteiger partial charge in [-0.05, 0) is 116 Å². The predicted molar refractivity (Wildman–Crippen MR) is 182 cm³/mol. The van der Waals surface area contributed by atoms with Crippen molar-refractivity contribution < 1.29 is 4.79 Å². The van der Waals surface area contributed by atoms with Gasteiger partial charge in [-0.25, -0.2) is 4.98 Å². The topological polar surface area (TPSA) is 54.3 Å². The summed E-state index contributed by atoms with van der Waals surface area (Å²) in [5.74, 6) is 1.33. The highest BCUT2D eigenvalue weighted by molar-refractivity contribution is 5.90. The van der Waals surface area contributed by atoms with Crippen LogP contribution in [0.5, 0.6) is 0 Å². The maximum absolute atomic E-state index is 12.8. The van der Waals surface area contributed by atoms with Crippen molar-refractivity contribution in [1.29, 1.82) is 0 Å². The Labute approximate surface area is 265 Å². The molecule has 6 heteroatoms. The third kappa shape index (κ3) is 9.23. The molecule has 2 aliphatic heterocycles. The highest BCUT2D eigenvalue weighted by Crippen LogP contribution is 2.47. The summed E-state index contributed by atoms with van der Waals surface area (Å²) in [5.41, 5.74) is 1.45. The summed E-state index contributed by atoms with van der Waals surface area (Å²) in [6.45, 7) is 16.9. The quantitative estimate of drug-likeness (QED) is 0.291. The number of benzene rings is 1. The van der Waals surface area contributed by atoms with Gasteiger partial charge in [0.15, 0.2) is 0 Å². The molecule has 0 atom stereocenters. The number of aromatic nitrogens is 3. The summed E-state index contributed by atoms with van der Waals surface area (Å²) in [6, 6.07) is 11.7. The molecule has 1 saturated carbocycles. The molecule has 43 heavy (non-hydrogen) atoms. The molecular formula is C37H65N5O. The average molecular weight is 596 g/mol. The van der Waals surface area contributed by atoms with Gasteiger partial charge in [0.2, 0.25) is 0 Å². The lowest BCUT2D eigenvalue weighted by atomic mass is 9.63. The zero-order valence-electron chi connectivity index (χ0n) is 26.7. The number of piperidine rings is 2. The van der Waals surface area contributed by atoms with Crippen LogP contribution in [-0.4, -0.2) is 68.6 Å². The fourth-order valence-electron chi connectivity index (χ4n) is 7.91. The van der Waals surface area contributed by atoms with E-state index in [1.165, 1.54) is 63.6 Å². The number of hydrogen-bond donors (Lipinski definition) is 0. The van der Waals surface area contributed by atoms with E-state index in [9.17, 15) is 4.79 Å². The Morgan fingerprint density at radius 2 is 1.42 bits per heavy atom. The van der Waals surface area contributed by atoms with Gasteiger partial charge in [-0.1, -0.05) is 71.4 Å². The summed E-state index contributed by atoms with van der Waals surface area (Å²) in [4.78, 5) is 22.1. The monoisotopic (exact) mass is 596 g/mol. The molecule has 1 aromatic carbocycles. The van der Waals surface area contributed by atoms with Crippen LogP contribution in [0.2, 0.25) is 0 Å². The SMILES string of the molecule is C.C.CC(C)N1CCC(Cn2cncn2)(C2CCCCC2)CC1.CCCC(=O)C1(c2ccccc2)CCN(C(C)C)CC1. The largest absolute Gasteiger partial charge is 0.301 e. The van der Waals surface area contributed by atoms with Crippen molar-refractivity contribution >= 4 is 5.78 Å². The van der Waals surface area contributed by atoms with E-state index >= 15 is 0 Å². The highest BCUT2D eigenvalue weighted by Gasteiger charge is 2.43. The lowest BCUT2D eigenvalue weighted by molar-refractivity contribution is -0.126. The van der Waals surface area contributed by atoms with Gasteiger partial charge in [-0.15, -0.1) is 0 Å². The van der Waals surface area contributed by atoms with E-state index < -0.39 is 0 Å². The Balaban J connectivity index is 0.000000287. The second-order valence-electron chi connectivity index (χ2n) is 13.7. The summed E-state index contributed by atoms with van der Waals surface area (Å²) in [6.07, 6.45) is 17.0. The van der Waals surface area contributed by atoms with Gasteiger partial charge in [0, 0.05) is 25.0 Å². The van der Waals surface area contributed by atoms with E-state index in [4.69, 9.17) is 0 Å². The van der Waals surface area contributed by atoms with Gasteiger partial charge in [-0.3, -0.25) is 9.48 Å². The van der Waals surface area contributed by atoms with Crippen molar-refractivity contribution in [2.45, 2.75) is 144 Å². The van der Waals surface area contributed by atoms with E-state index in [0.29, 0.717) is 29.7 Å². The number of carbonyl (C=O) groups excluding carboxylic acids is 1. The van der Waals surface area contributed by atoms with Gasteiger partial charge in [0.1, 0.15) is 18.4 Å². The molecule has 0 amide bonds. The predicted octanol–water partition coefficient (Wildman–Crippen LogP) is 8.42. The third-order valence-electron chi connectivity index (χ3n) is 10.7. The van der Waals surface area contributed by atoms with Crippen LogP contribution in [0.4, 0.5) is 0 Å². The van der Waals surface area contributed by atoms with Gasteiger partial charge < -0.3 is 9.80 Å². The minimum Gasteiger partial charge on any atom is -0.301 e.